The Labute approximate surface area is 181 Å². The summed E-state index contributed by atoms with van der Waals surface area (Å²) in [6.07, 6.45) is 8.84. The fourth-order valence-corrected chi connectivity index (χ4v) is 2.88. The van der Waals surface area contributed by atoms with Crippen molar-refractivity contribution in [3.63, 3.8) is 0 Å². The fourth-order valence-electron chi connectivity index (χ4n) is 2.88. The van der Waals surface area contributed by atoms with E-state index in [9.17, 15) is 9.59 Å². The molecule has 31 heavy (non-hydrogen) atoms. The van der Waals surface area contributed by atoms with E-state index in [0.29, 0.717) is 18.8 Å². The highest BCUT2D eigenvalue weighted by Crippen LogP contribution is 2.23. The lowest BCUT2D eigenvalue weighted by molar-refractivity contribution is -0.150. The number of carbonyl (C=O) groups excluding carboxylic acids is 2. The molecule has 0 bridgehead atoms. The molecule has 1 atom stereocenters. The standard InChI is InChI=1S/C24H24N4O3/c1-3-13-26-24(30)18(2)31-22(29)12-11-21-17-28(16-19-8-5-4-6-9-19)27-23(21)20-10-7-14-25-15-20/h3-12,14-15,17-18H,1,13,16H2,2H3,(H,26,30)/b12-11+/t18-/m0/s1. The summed E-state index contributed by atoms with van der Waals surface area (Å²) >= 11 is 0. The molecular weight excluding hydrogens is 392 g/mol. The summed E-state index contributed by atoms with van der Waals surface area (Å²) < 4.78 is 6.98. The molecule has 7 heteroatoms. The van der Waals surface area contributed by atoms with Crippen LogP contribution in [0.5, 0.6) is 0 Å². The molecule has 0 aliphatic rings. The maximum absolute atomic E-state index is 12.2. The van der Waals surface area contributed by atoms with Crippen LogP contribution in [0, 0.1) is 0 Å². The van der Waals surface area contributed by atoms with Crippen molar-refractivity contribution in [1.29, 1.82) is 0 Å². The van der Waals surface area contributed by atoms with Gasteiger partial charge in [-0.2, -0.15) is 5.10 Å². The zero-order chi connectivity index (χ0) is 22.1. The Hall–Kier alpha value is -4.00. The molecule has 1 N–H and O–H groups in total. The number of esters is 1. The Kier molecular flexibility index (Phi) is 7.48. The Morgan fingerprint density at radius 2 is 2.03 bits per heavy atom. The van der Waals surface area contributed by atoms with Crippen molar-refractivity contribution in [3.05, 3.63) is 90.9 Å². The third-order valence-corrected chi connectivity index (χ3v) is 4.39. The van der Waals surface area contributed by atoms with Crippen LogP contribution in [-0.4, -0.2) is 39.3 Å². The first-order valence-electron chi connectivity index (χ1n) is 9.86. The molecule has 3 rings (SSSR count). The van der Waals surface area contributed by atoms with Crippen molar-refractivity contribution in [2.75, 3.05) is 6.54 Å². The highest BCUT2D eigenvalue weighted by atomic mass is 16.5. The van der Waals surface area contributed by atoms with E-state index in [-0.39, 0.29) is 5.91 Å². The van der Waals surface area contributed by atoms with Crippen LogP contribution in [0.2, 0.25) is 0 Å². The molecule has 0 unspecified atom stereocenters. The molecule has 0 saturated carbocycles. The lowest BCUT2D eigenvalue weighted by Gasteiger charge is -2.10. The fraction of sp³-hybridized carbons (Fsp3) is 0.167. The summed E-state index contributed by atoms with van der Waals surface area (Å²) in [4.78, 5) is 28.2. The van der Waals surface area contributed by atoms with Crippen LogP contribution < -0.4 is 5.32 Å². The van der Waals surface area contributed by atoms with Crippen LogP contribution >= 0.6 is 0 Å². The van der Waals surface area contributed by atoms with E-state index in [1.807, 2.05) is 53.3 Å². The number of hydrogen-bond donors (Lipinski definition) is 1. The molecule has 2 heterocycles. The number of amides is 1. The van der Waals surface area contributed by atoms with Crippen molar-refractivity contribution in [2.24, 2.45) is 0 Å². The number of ether oxygens (including phenoxy) is 1. The highest BCUT2D eigenvalue weighted by Gasteiger charge is 2.16. The summed E-state index contributed by atoms with van der Waals surface area (Å²) in [6.45, 7) is 5.95. The van der Waals surface area contributed by atoms with Crippen LogP contribution in [0.15, 0.2) is 79.8 Å². The van der Waals surface area contributed by atoms with Gasteiger partial charge in [-0.3, -0.25) is 14.5 Å². The van der Waals surface area contributed by atoms with Gasteiger partial charge in [0.25, 0.3) is 5.91 Å². The van der Waals surface area contributed by atoms with Gasteiger partial charge in [-0.25, -0.2) is 4.79 Å². The molecule has 2 aromatic heterocycles. The minimum Gasteiger partial charge on any atom is -0.449 e. The van der Waals surface area contributed by atoms with E-state index in [2.05, 4.69) is 22.0 Å². The quantitative estimate of drug-likeness (QED) is 0.329. The van der Waals surface area contributed by atoms with Crippen LogP contribution in [-0.2, 0) is 20.9 Å². The number of benzene rings is 1. The van der Waals surface area contributed by atoms with E-state index in [4.69, 9.17) is 4.74 Å². The molecule has 3 aromatic rings. The summed E-state index contributed by atoms with van der Waals surface area (Å²) in [6, 6.07) is 13.7. The van der Waals surface area contributed by atoms with Gasteiger partial charge in [0.2, 0.25) is 0 Å². The number of nitrogens with one attached hydrogen (secondary N) is 1. The van der Waals surface area contributed by atoms with E-state index >= 15 is 0 Å². The number of hydrogen-bond acceptors (Lipinski definition) is 5. The van der Waals surface area contributed by atoms with E-state index in [1.165, 1.54) is 13.0 Å². The number of rotatable bonds is 9. The van der Waals surface area contributed by atoms with Crippen molar-refractivity contribution in [2.45, 2.75) is 19.6 Å². The van der Waals surface area contributed by atoms with Crippen LogP contribution in [0.25, 0.3) is 17.3 Å². The topological polar surface area (TPSA) is 86.1 Å². The lowest BCUT2D eigenvalue weighted by Crippen LogP contribution is -2.35. The largest absolute Gasteiger partial charge is 0.449 e. The van der Waals surface area contributed by atoms with Crippen molar-refractivity contribution < 1.29 is 14.3 Å². The predicted octanol–water partition coefficient (Wildman–Crippen LogP) is 3.24. The molecule has 0 aliphatic carbocycles. The second-order valence-corrected chi connectivity index (χ2v) is 6.80. The maximum Gasteiger partial charge on any atom is 0.331 e. The van der Waals surface area contributed by atoms with E-state index in [0.717, 1.165) is 16.7 Å². The third kappa shape index (κ3) is 6.24. The van der Waals surface area contributed by atoms with Gasteiger partial charge in [-0.05, 0) is 30.7 Å². The second-order valence-electron chi connectivity index (χ2n) is 6.80. The van der Waals surface area contributed by atoms with Gasteiger partial charge < -0.3 is 10.1 Å². The number of pyridine rings is 1. The SMILES string of the molecule is C=CCNC(=O)[C@H](C)OC(=O)/C=C/c1cn(Cc2ccccc2)nc1-c1cccnc1. The molecule has 158 valence electrons. The summed E-state index contributed by atoms with van der Waals surface area (Å²) in [5.74, 6) is -0.998. The van der Waals surface area contributed by atoms with Gasteiger partial charge in [-0.1, -0.05) is 36.4 Å². The van der Waals surface area contributed by atoms with Gasteiger partial charge in [0, 0.05) is 42.3 Å². The average Bonchev–Trinajstić information content (AvgIpc) is 3.19. The highest BCUT2D eigenvalue weighted by molar-refractivity contribution is 5.91. The molecule has 7 nitrogen and oxygen atoms in total. The monoisotopic (exact) mass is 416 g/mol. The van der Waals surface area contributed by atoms with Crippen LogP contribution in [0.4, 0.5) is 0 Å². The first kappa shape index (κ1) is 21.7. The number of nitrogens with zero attached hydrogens (tertiary/aromatic N) is 3. The smallest absolute Gasteiger partial charge is 0.331 e. The summed E-state index contributed by atoms with van der Waals surface area (Å²) in [5, 5.41) is 7.27. The predicted molar refractivity (Wildman–Crippen MR) is 119 cm³/mol. The molecule has 0 fully saturated rings. The van der Waals surface area contributed by atoms with Gasteiger partial charge in [0.1, 0.15) is 5.69 Å². The van der Waals surface area contributed by atoms with Gasteiger partial charge in [0.15, 0.2) is 6.10 Å². The van der Waals surface area contributed by atoms with Gasteiger partial charge >= 0.3 is 5.97 Å². The van der Waals surface area contributed by atoms with Gasteiger partial charge in [-0.15, -0.1) is 6.58 Å². The van der Waals surface area contributed by atoms with Crippen molar-refractivity contribution in [3.8, 4) is 11.3 Å². The molecule has 0 radical (unpaired) electrons. The van der Waals surface area contributed by atoms with E-state index < -0.39 is 12.1 Å². The molecule has 0 spiro atoms. The van der Waals surface area contributed by atoms with Crippen LogP contribution in [0.3, 0.4) is 0 Å². The average molecular weight is 416 g/mol. The minimum atomic E-state index is -0.907. The molecule has 0 saturated heterocycles. The summed E-state index contributed by atoms with van der Waals surface area (Å²) in [7, 11) is 0. The van der Waals surface area contributed by atoms with Gasteiger partial charge in [0.05, 0.1) is 6.54 Å². The zero-order valence-electron chi connectivity index (χ0n) is 17.3. The lowest BCUT2D eigenvalue weighted by atomic mass is 10.1. The maximum atomic E-state index is 12.2. The Morgan fingerprint density at radius 3 is 2.74 bits per heavy atom. The van der Waals surface area contributed by atoms with Crippen molar-refractivity contribution in [1.82, 2.24) is 20.1 Å². The Balaban J connectivity index is 1.77. The Morgan fingerprint density at radius 1 is 1.23 bits per heavy atom. The number of carbonyl (C=O) groups is 2. The first-order valence-corrected chi connectivity index (χ1v) is 9.86. The second kappa shape index (κ2) is 10.7. The third-order valence-electron chi connectivity index (χ3n) is 4.39. The molecule has 0 aliphatic heterocycles. The first-order chi connectivity index (χ1) is 15.1. The molecular formula is C24H24N4O3. The van der Waals surface area contributed by atoms with E-state index in [1.54, 1.807) is 24.5 Å². The molecule has 1 amide bonds. The molecule has 1 aromatic carbocycles. The zero-order valence-corrected chi connectivity index (χ0v) is 17.3. The Bertz CT molecular complexity index is 1060. The van der Waals surface area contributed by atoms with Crippen LogP contribution in [0.1, 0.15) is 18.1 Å². The normalized spacial score (nSPS) is 11.8. The van der Waals surface area contributed by atoms with Crippen molar-refractivity contribution >= 4 is 18.0 Å². The summed E-state index contributed by atoms with van der Waals surface area (Å²) in [5.41, 5.74) is 3.38. The number of aromatic nitrogens is 3. The minimum absolute atomic E-state index is 0.311.